The van der Waals surface area contributed by atoms with Crippen molar-refractivity contribution in [2.75, 3.05) is 6.54 Å². The zero-order valence-corrected chi connectivity index (χ0v) is 11.2. The van der Waals surface area contributed by atoms with Gasteiger partial charge in [0, 0.05) is 18.5 Å². The first kappa shape index (κ1) is 14.9. The van der Waals surface area contributed by atoms with Crippen molar-refractivity contribution in [3.05, 3.63) is 11.7 Å². The van der Waals surface area contributed by atoms with Crippen molar-refractivity contribution in [2.45, 2.75) is 39.2 Å². The maximum Gasteiger partial charge on any atom is 0.315 e. The largest absolute Gasteiger partial charge is 0.481 e. The Morgan fingerprint density at radius 1 is 1.42 bits per heavy atom. The van der Waals surface area contributed by atoms with Crippen molar-refractivity contribution < 1.29 is 19.2 Å². The van der Waals surface area contributed by atoms with Gasteiger partial charge in [-0.15, -0.1) is 0 Å². The van der Waals surface area contributed by atoms with Gasteiger partial charge in [0.2, 0.25) is 5.89 Å². The van der Waals surface area contributed by atoms with Gasteiger partial charge < -0.3 is 20.3 Å². The maximum absolute atomic E-state index is 11.6. The van der Waals surface area contributed by atoms with E-state index in [9.17, 15) is 9.59 Å². The lowest BCUT2D eigenvalue weighted by molar-refractivity contribution is -0.138. The molecule has 0 saturated heterocycles. The summed E-state index contributed by atoms with van der Waals surface area (Å²) in [6.07, 6.45) is 0.275. The predicted octanol–water partition coefficient (Wildman–Crippen LogP) is 0.473. The van der Waals surface area contributed by atoms with Gasteiger partial charge in [-0.05, 0) is 20.8 Å². The number of aryl methyl sites for hydroxylation is 1. The number of carbonyl (C=O) groups is 2. The maximum atomic E-state index is 11.6. The summed E-state index contributed by atoms with van der Waals surface area (Å²) in [5.41, 5.74) is -0.809. The number of aromatic nitrogens is 2. The Bertz CT molecular complexity index is 455. The average molecular weight is 270 g/mol. The van der Waals surface area contributed by atoms with E-state index in [0.717, 1.165) is 0 Å². The molecule has 2 amide bonds. The highest BCUT2D eigenvalue weighted by atomic mass is 16.5. The third kappa shape index (κ3) is 5.84. The van der Waals surface area contributed by atoms with Crippen LogP contribution in [0.4, 0.5) is 4.79 Å². The molecule has 0 fully saturated rings. The van der Waals surface area contributed by atoms with Crippen LogP contribution in [-0.2, 0) is 11.2 Å². The molecule has 0 bridgehead atoms. The van der Waals surface area contributed by atoms with Gasteiger partial charge in [0.15, 0.2) is 5.82 Å². The number of hydrogen-bond acceptors (Lipinski definition) is 5. The Morgan fingerprint density at radius 2 is 2.11 bits per heavy atom. The average Bonchev–Trinajstić information content (AvgIpc) is 2.61. The van der Waals surface area contributed by atoms with Crippen LogP contribution in [-0.4, -0.2) is 39.3 Å². The van der Waals surface area contributed by atoms with Gasteiger partial charge >= 0.3 is 12.0 Å². The standard InChI is InChI=1S/C11H18N4O4/c1-7-13-8(19-15-7)4-5-12-10(18)14-11(2,3)6-9(16)17/h4-6H2,1-3H3,(H,16,17)(H2,12,14,18). The summed E-state index contributed by atoms with van der Waals surface area (Å²) in [5.74, 6) is 0.0243. The molecule has 106 valence electrons. The minimum Gasteiger partial charge on any atom is -0.481 e. The van der Waals surface area contributed by atoms with Gasteiger partial charge in [0.05, 0.1) is 6.42 Å². The van der Waals surface area contributed by atoms with Crippen LogP contribution in [0.3, 0.4) is 0 Å². The zero-order valence-electron chi connectivity index (χ0n) is 11.2. The van der Waals surface area contributed by atoms with Crippen LogP contribution in [0, 0.1) is 6.92 Å². The van der Waals surface area contributed by atoms with E-state index in [4.69, 9.17) is 9.63 Å². The Kier molecular flexibility index (Phi) is 4.85. The van der Waals surface area contributed by atoms with Gasteiger partial charge in [0.25, 0.3) is 0 Å². The van der Waals surface area contributed by atoms with Crippen LogP contribution in [0.5, 0.6) is 0 Å². The number of hydrogen-bond donors (Lipinski definition) is 3. The highest BCUT2D eigenvalue weighted by Crippen LogP contribution is 2.07. The number of rotatable bonds is 6. The molecule has 0 aliphatic heterocycles. The highest BCUT2D eigenvalue weighted by Gasteiger charge is 2.23. The van der Waals surface area contributed by atoms with E-state index in [1.54, 1.807) is 20.8 Å². The number of carboxylic acid groups (broad SMARTS) is 1. The summed E-state index contributed by atoms with van der Waals surface area (Å²) >= 11 is 0. The summed E-state index contributed by atoms with van der Waals surface area (Å²) in [6, 6.07) is -0.428. The second-order valence-corrected chi connectivity index (χ2v) is 4.82. The van der Waals surface area contributed by atoms with Crippen LogP contribution in [0.2, 0.25) is 0 Å². The molecule has 0 aliphatic carbocycles. The molecule has 3 N–H and O–H groups in total. The summed E-state index contributed by atoms with van der Waals surface area (Å²) in [7, 11) is 0. The SMILES string of the molecule is Cc1noc(CCNC(=O)NC(C)(C)CC(=O)O)n1. The lowest BCUT2D eigenvalue weighted by Gasteiger charge is -2.24. The Hall–Kier alpha value is -2.12. The van der Waals surface area contributed by atoms with Crippen molar-refractivity contribution in [3.8, 4) is 0 Å². The molecule has 0 spiro atoms. The molecule has 19 heavy (non-hydrogen) atoms. The molecule has 8 heteroatoms. The molecule has 0 saturated carbocycles. The van der Waals surface area contributed by atoms with Gasteiger partial charge in [-0.2, -0.15) is 4.98 Å². The molecule has 1 rings (SSSR count). The first-order valence-corrected chi connectivity index (χ1v) is 5.85. The molecule has 0 radical (unpaired) electrons. The van der Waals surface area contributed by atoms with Gasteiger partial charge in [0.1, 0.15) is 0 Å². The Labute approximate surface area is 110 Å². The number of amides is 2. The van der Waals surface area contributed by atoms with Gasteiger partial charge in [-0.25, -0.2) is 4.79 Å². The van der Waals surface area contributed by atoms with Crippen LogP contribution >= 0.6 is 0 Å². The van der Waals surface area contributed by atoms with E-state index >= 15 is 0 Å². The fourth-order valence-electron chi connectivity index (χ4n) is 1.50. The van der Waals surface area contributed by atoms with E-state index in [2.05, 4.69) is 20.8 Å². The quantitative estimate of drug-likeness (QED) is 0.691. The summed E-state index contributed by atoms with van der Waals surface area (Å²) in [6.45, 7) is 5.32. The topological polar surface area (TPSA) is 117 Å². The Balaban J connectivity index is 2.29. The molecule has 1 heterocycles. The smallest absolute Gasteiger partial charge is 0.315 e. The van der Waals surface area contributed by atoms with E-state index in [1.807, 2.05) is 0 Å². The molecule has 8 nitrogen and oxygen atoms in total. The fourth-order valence-corrected chi connectivity index (χ4v) is 1.50. The first-order chi connectivity index (χ1) is 8.78. The minimum atomic E-state index is -0.966. The van der Waals surface area contributed by atoms with Crippen molar-refractivity contribution in [2.24, 2.45) is 0 Å². The van der Waals surface area contributed by atoms with Crippen molar-refractivity contribution in [3.63, 3.8) is 0 Å². The third-order valence-electron chi connectivity index (χ3n) is 2.24. The second kappa shape index (κ2) is 6.17. The molecule has 1 aromatic heterocycles. The highest BCUT2D eigenvalue weighted by molar-refractivity contribution is 5.76. The molecule has 0 unspecified atom stereocenters. The molecule has 1 aromatic rings. The number of urea groups is 1. The summed E-state index contributed by atoms with van der Waals surface area (Å²) < 4.78 is 4.89. The zero-order chi connectivity index (χ0) is 14.5. The number of aliphatic carboxylic acids is 1. The number of carbonyl (C=O) groups excluding carboxylic acids is 1. The van der Waals surface area contributed by atoms with Crippen LogP contribution in [0.1, 0.15) is 32.0 Å². The number of nitrogens with zero attached hydrogens (tertiary/aromatic N) is 2. The predicted molar refractivity (Wildman–Crippen MR) is 65.6 cm³/mol. The minimum absolute atomic E-state index is 0.150. The molecule has 0 aliphatic rings. The second-order valence-electron chi connectivity index (χ2n) is 4.82. The van der Waals surface area contributed by atoms with Crippen LogP contribution in [0.25, 0.3) is 0 Å². The number of nitrogens with one attached hydrogen (secondary N) is 2. The monoisotopic (exact) mass is 270 g/mol. The van der Waals surface area contributed by atoms with Gasteiger partial charge in [-0.3, -0.25) is 4.79 Å². The first-order valence-electron chi connectivity index (χ1n) is 5.85. The normalized spacial score (nSPS) is 11.1. The van der Waals surface area contributed by atoms with E-state index in [1.165, 1.54) is 0 Å². The fraction of sp³-hybridized carbons (Fsp3) is 0.636. The molecule has 0 aromatic carbocycles. The van der Waals surface area contributed by atoms with Crippen molar-refractivity contribution in [1.29, 1.82) is 0 Å². The Morgan fingerprint density at radius 3 is 2.63 bits per heavy atom. The third-order valence-corrected chi connectivity index (χ3v) is 2.24. The molecule has 0 atom stereocenters. The van der Waals surface area contributed by atoms with E-state index in [0.29, 0.717) is 24.7 Å². The van der Waals surface area contributed by atoms with Crippen LogP contribution < -0.4 is 10.6 Å². The van der Waals surface area contributed by atoms with Crippen molar-refractivity contribution in [1.82, 2.24) is 20.8 Å². The summed E-state index contributed by atoms with van der Waals surface area (Å²) in [5, 5.41) is 17.5. The van der Waals surface area contributed by atoms with E-state index in [-0.39, 0.29) is 6.42 Å². The van der Waals surface area contributed by atoms with Gasteiger partial charge in [-0.1, -0.05) is 5.16 Å². The number of carboxylic acids is 1. The molecular weight excluding hydrogens is 252 g/mol. The lowest BCUT2D eigenvalue weighted by Crippen LogP contribution is -2.49. The summed E-state index contributed by atoms with van der Waals surface area (Å²) in [4.78, 5) is 26.1. The molecular formula is C11H18N4O4. The van der Waals surface area contributed by atoms with E-state index < -0.39 is 17.5 Å². The lowest BCUT2D eigenvalue weighted by atomic mass is 10.0. The van der Waals surface area contributed by atoms with Crippen molar-refractivity contribution >= 4 is 12.0 Å². The van der Waals surface area contributed by atoms with Crippen LogP contribution in [0.15, 0.2) is 4.52 Å².